The van der Waals surface area contributed by atoms with Gasteiger partial charge in [-0.05, 0) is 60.6 Å². The van der Waals surface area contributed by atoms with E-state index in [1.54, 1.807) is 6.07 Å². The monoisotopic (exact) mass is 394 g/mol. The van der Waals surface area contributed by atoms with E-state index in [1.807, 2.05) is 55.5 Å². The first-order chi connectivity index (χ1) is 14.7. The van der Waals surface area contributed by atoms with Crippen molar-refractivity contribution in [3.8, 4) is 17.2 Å². The first-order valence-corrected chi connectivity index (χ1v) is 10.7. The zero-order valence-electron chi connectivity index (χ0n) is 17.3. The Labute approximate surface area is 178 Å². The molecule has 0 aromatic heterocycles. The van der Waals surface area contributed by atoms with Crippen LogP contribution in [-0.2, 0) is 0 Å². The Hall–Kier alpha value is -3.38. The van der Waals surface area contributed by atoms with Crippen LogP contribution in [0.2, 0.25) is 0 Å². The fraction of sp³-hybridized carbons (Fsp3) is 0.259. The van der Waals surface area contributed by atoms with Crippen molar-refractivity contribution in [3.05, 3.63) is 89.0 Å². The fourth-order valence-electron chi connectivity index (χ4n) is 4.46. The Bertz CT molecular complexity index is 1070. The molecule has 1 N–H and O–H groups in total. The van der Waals surface area contributed by atoms with Gasteiger partial charge in [0.2, 0.25) is 0 Å². The molecular formula is C27H26N2O. The third kappa shape index (κ3) is 4.14. The molecule has 0 unspecified atom stereocenters. The summed E-state index contributed by atoms with van der Waals surface area (Å²) in [5, 5.41) is 12.8. The largest absolute Gasteiger partial charge is 0.322 e. The number of nitrogens with one attached hydrogen (secondary N) is 1. The van der Waals surface area contributed by atoms with Crippen LogP contribution in [0, 0.1) is 18.3 Å². The number of aryl methyl sites for hydroxylation is 1. The van der Waals surface area contributed by atoms with Crippen molar-refractivity contribution in [2.75, 3.05) is 5.32 Å². The molecule has 0 aliphatic heterocycles. The molecule has 3 aromatic rings. The minimum Gasteiger partial charge on any atom is -0.322 e. The van der Waals surface area contributed by atoms with Crippen molar-refractivity contribution in [2.45, 2.75) is 44.9 Å². The molecule has 3 aromatic carbocycles. The summed E-state index contributed by atoms with van der Waals surface area (Å²) in [7, 11) is 0. The Morgan fingerprint density at radius 3 is 2.30 bits per heavy atom. The number of hydrogen-bond acceptors (Lipinski definition) is 2. The van der Waals surface area contributed by atoms with E-state index in [-0.39, 0.29) is 5.91 Å². The van der Waals surface area contributed by atoms with Crippen LogP contribution < -0.4 is 5.32 Å². The Balaban J connectivity index is 1.59. The summed E-state index contributed by atoms with van der Waals surface area (Å²) in [5.74, 6) is 0.383. The van der Waals surface area contributed by atoms with Gasteiger partial charge < -0.3 is 5.32 Å². The van der Waals surface area contributed by atoms with E-state index in [1.165, 1.54) is 37.7 Å². The molecule has 1 saturated carbocycles. The van der Waals surface area contributed by atoms with Gasteiger partial charge in [0.05, 0.1) is 11.1 Å². The molecule has 0 saturated heterocycles. The molecule has 3 nitrogen and oxygen atoms in total. The molecule has 0 radical (unpaired) electrons. The Morgan fingerprint density at radius 2 is 1.63 bits per heavy atom. The third-order valence-electron chi connectivity index (χ3n) is 6.08. The second-order valence-electron chi connectivity index (χ2n) is 8.07. The van der Waals surface area contributed by atoms with Crippen LogP contribution in [0.5, 0.6) is 0 Å². The van der Waals surface area contributed by atoms with Gasteiger partial charge in [-0.15, -0.1) is 0 Å². The normalized spacial score (nSPS) is 14.1. The molecule has 3 heteroatoms. The lowest BCUT2D eigenvalue weighted by Gasteiger charge is -2.22. The second kappa shape index (κ2) is 8.97. The summed E-state index contributed by atoms with van der Waals surface area (Å²) < 4.78 is 0. The number of anilines is 1. The predicted octanol–water partition coefficient (Wildman–Crippen LogP) is 6.83. The van der Waals surface area contributed by atoms with Gasteiger partial charge in [-0.25, -0.2) is 0 Å². The Morgan fingerprint density at radius 1 is 0.933 bits per heavy atom. The van der Waals surface area contributed by atoms with Crippen molar-refractivity contribution in [1.82, 2.24) is 0 Å². The zero-order valence-corrected chi connectivity index (χ0v) is 17.3. The maximum atomic E-state index is 13.0. The van der Waals surface area contributed by atoms with Crippen LogP contribution in [0.25, 0.3) is 11.1 Å². The van der Waals surface area contributed by atoms with Crippen molar-refractivity contribution in [1.29, 1.82) is 5.26 Å². The number of nitriles is 1. The van der Waals surface area contributed by atoms with E-state index in [4.69, 9.17) is 0 Å². The Kier molecular flexibility index (Phi) is 5.95. The number of carbonyl (C=O) groups is 1. The van der Waals surface area contributed by atoms with Gasteiger partial charge >= 0.3 is 0 Å². The highest BCUT2D eigenvalue weighted by Gasteiger charge is 2.19. The van der Waals surface area contributed by atoms with Crippen molar-refractivity contribution in [3.63, 3.8) is 0 Å². The molecule has 150 valence electrons. The number of carbonyl (C=O) groups excluding carboxylic acids is 1. The maximum absolute atomic E-state index is 13.0. The lowest BCUT2D eigenvalue weighted by atomic mass is 9.84. The number of amides is 1. The first-order valence-electron chi connectivity index (χ1n) is 10.7. The summed E-state index contributed by atoms with van der Waals surface area (Å²) >= 11 is 0. The number of rotatable bonds is 4. The summed E-state index contributed by atoms with van der Waals surface area (Å²) in [6, 6.07) is 23.9. The fourth-order valence-corrected chi connectivity index (χ4v) is 4.46. The molecular weight excluding hydrogens is 368 g/mol. The molecule has 1 aliphatic rings. The lowest BCUT2D eigenvalue weighted by molar-refractivity contribution is 0.102. The van der Waals surface area contributed by atoms with E-state index in [0.29, 0.717) is 17.0 Å². The molecule has 0 spiro atoms. The summed E-state index contributed by atoms with van der Waals surface area (Å²) in [4.78, 5) is 13.0. The van der Waals surface area contributed by atoms with E-state index in [0.717, 1.165) is 22.4 Å². The molecule has 30 heavy (non-hydrogen) atoms. The van der Waals surface area contributed by atoms with Gasteiger partial charge in [-0.3, -0.25) is 4.79 Å². The highest BCUT2D eigenvalue weighted by atomic mass is 16.1. The van der Waals surface area contributed by atoms with Crippen LogP contribution in [0.3, 0.4) is 0 Å². The average Bonchev–Trinajstić information content (AvgIpc) is 2.80. The zero-order chi connectivity index (χ0) is 20.9. The van der Waals surface area contributed by atoms with E-state index < -0.39 is 0 Å². The van der Waals surface area contributed by atoms with E-state index >= 15 is 0 Å². The molecule has 1 fully saturated rings. The smallest absolute Gasteiger partial charge is 0.257 e. The van der Waals surface area contributed by atoms with E-state index in [9.17, 15) is 10.1 Å². The first kappa shape index (κ1) is 19.9. The standard InChI is InChI=1S/C27H26N2O/c1-19-12-17-24(25(18-28)26(19)22-10-6-3-7-11-22)27(30)29-23-15-13-21(14-16-23)20-8-4-2-5-9-20/h3,6-7,10-17,20H,2,4-5,8-9H2,1H3,(H,29,30). The molecule has 4 rings (SSSR count). The number of hydrogen-bond donors (Lipinski definition) is 1. The second-order valence-corrected chi connectivity index (χ2v) is 8.07. The molecule has 0 bridgehead atoms. The van der Waals surface area contributed by atoms with Crippen LogP contribution in [-0.4, -0.2) is 5.91 Å². The number of nitrogens with zero attached hydrogens (tertiary/aromatic N) is 1. The van der Waals surface area contributed by atoms with E-state index in [2.05, 4.69) is 23.5 Å². The SMILES string of the molecule is Cc1ccc(C(=O)Nc2ccc(C3CCCCC3)cc2)c(C#N)c1-c1ccccc1. The van der Waals surface area contributed by atoms with Crippen LogP contribution in [0.1, 0.15) is 65.1 Å². The molecule has 1 aliphatic carbocycles. The minimum atomic E-state index is -0.255. The van der Waals surface area contributed by atoms with Gasteiger partial charge in [0.15, 0.2) is 0 Å². The highest BCUT2D eigenvalue weighted by Crippen LogP contribution is 2.33. The van der Waals surface area contributed by atoms with Gasteiger partial charge in [0.1, 0.15) is 6.07 Å². The maximum Gasteiger partial charge on any atom is 0.257 e. The van der Waals surface area contributed by atoms with Crippen LogP contribution in [0.4, 0.5) is 5.69 Å². The lowest BCUT2D eigenvalue weighted by Crippen LogP contribution is -2.14. The highest BCUT2D eigenvalue weighted by molar-refractivity contribution is 6.07. The summed E-state index contributed by atoms with van der Waals surface area (Å²) in [5.41, 5.74) is 5.66. The topological polar surface area (TPSA) is 52.9 Å². The van der Waals surface area contributed by atoms with Crippen LogP contribution >= 0.6 is 0 Å². The van der Waals surface area contributed by atoms with Crippen LogP contribution in [0.15, 0.2) is 66.7 Å². The molecule has 0 atom stereocenters. The minimum absolute atomic E-state index is 0.255. The molecule has 1 amide bonds. The van der Waals surface area contributed by atoms with Gasteiger partial charge in [-0.1, -0.05) is 67.8 Å². The third-order valence-corrected chi connectivity index (χ3v) is 6.08. The summed E-state index contributed by atoms with van der Waals surface area (Å²) in [6.07, 6.45) is 6.45. The predicted molar refractivity (Wildman–Crippen MR) is 122 cm³/mol. The van der Waals surface area contributed by atoms with Gasteiger partial charge in [0.25, 0.3) is 5.91 Å². The quantitative estimate of drug-likeness (QED) is 0.527. The number of benzene rings is 3. The van der Waals surface area contributed by atoms with Crippen molar-refractivity contribution >= 4 is 11.6 Å². The van der Waals surface area contributed by atoms with Gasteiger partial charge in [0, 0.05) is 11.3 Å². The summed E-state index contributed by atoms with van der Waals surface area (Å²) in [6.45, 7) is 1.97. The van der Waals surface area contributed by atoms with Crippen molar-refractivity contribution in [2.24, 2.45) is 0 Å². The molecule has 0 heterocycles. The van der Waals surface area contributed by atoms with Crippen molar-refractivity contribution < 1.29 is 4.79 Å². The average molecular weight is 395 g/mol. The van der Waals surface area contributed by atoms with Gasteiger partial charge in [-0.2, -0.15) is 5.26 Å².